The van der Waals surface area contributed by atoms with Gasteiger partial charge in [-0.15, -0.1) is 0 Å². The summed E-state index contributed by atoms with van der Waals surface area (Å²) in [4.78, 5) is 14.0. The maximum atomic E-state index is 11.7. The number of halogens is 1. The fourth-order valence-corrected chi connectivity index (χ4v) is 4.58. The third-order valence-electron chi connectivity index (χ3n) is 6.44. The summed E-state index contributed by atoms with van der Waals surface area (Å²) in [5.74, 6) is 1.18. The van der Waals surface area contributed by atoms with Gasteiger partial charge in [-0.05, 0) is 48.3 Å². The molecule has 0 radical (unpaired) electrons. The minimum atomic E-state index is 0.144. The quantitative estimate of drug-likeness (QED) is 0.848. The summed E-state index contributed by atoms with van der Waals surface area (Å²) in [5, 5.41) is 13.5. The summed E-state index contributed by atoms with van der Waals surface area (Å²) in [6.07, 6.45) is 4.10. The third-order valence-corrected chi connectivity index (χ3v) is 6.75. The Balaban J connectivity index is 1.45. The first-order chi connectivity index (χ1) is 12.4. The Bertz CT molecular complexity index is 821. The molecule has 1 N–H and O–H groups in total. The van der Waals surface area contributed by atoms with Crippen molar-refractivity contribution in [2.75, 3.05) is 25.0 Å². The molecule has 0 amide bonds. The van der Waals surface area contributed by atoms with Crippen molar-refractivity contribution in [2.45, 2.75) is 38.0 Å². The molecule has 3 aliphatic rings. The molecule has 2 atom stereocenters. The molecule has 1 aliphatic heterocycles. The van der Waals surface area contributed by atoms with Gasteiger partial charge in [0.15, 0.2) is 0 Å². The van der Waals surface area contributed by atoms with Gasteiger partial charge in [-0.3, -0.25) is 4.79 Å². The molecular formula is C21H24ClN3O. The summed E-state index contributed by atoms with van der Waals surface area (Å²) in [7, 11) is 0. The maximum Gasteiger partial charge on any atom is 0.138 e. The monoisotopic (exact) mass is 369 g/mol. The molecule has 3 fully saturated rings. The van der Waals surface area contributed by atoms with Gasteiger partial charge in [0.2, 0.25) is 0 Å². The van der Waals surface area contributed by atoms with E-state index in [0.29, 0.717) is 28.8 Å². The van der Waals surface area contributed by atoms with E-state index >= 15 is 0 Å². The van der Waals surface area contributed by atoms with Gasteiger partial charge in [0.25, 0.3) is 0 Å². The number of hydrogen-bond donors (Lipinski definition) is 1. The van der Waals surface area contributed by atoms with Crippen molar-refractivity contribution in [1.29, 1.82) is 5.26 Å². The van der Waals surface area contributed by atoms with Crippen molar-refractivity contribution < 1.29 is 4.79 Å². The van der Waals surface area contributed by atoms with Crippen LogP contribution in [0.5, 0.6) is 0 Å². The smallest absolute Gasteiger partial charge is 0.138 e. The molecular weight excluding hydrogens is 346 g/mol. The molecule has 0 spiro atoms. The number of carbonyl (C=O) groups excluding carboxylic acids is 1. The third kappa shape index (κ3) is 2.99. The molecule has 5 heteroatoms. The number of ketones is 1. The lowest BCUT2D eigenvalue weighted by Gasteiger charge is -2.45. The predicted octanol–water partition coefficient (Wildman–Crippen LogP) is 4.10. The number of fused-ring (bicyclic) bond motifs is 1. The second kappa shape index (κ2) is 6.32. The number of likely N-dealkylation sites (tertiary alicyclic amines) is 1. The van der Waals surface area contributed by atoms with E-state index in [4.69, 9.17) is 11.6 Å². The van der Waals surface area contributed by atoms with Crippen molar-refractivity contribution in [3.05, 3.63) is 40.6 Å². The first-order valence-corrected chi connectivity index (χ1v) is 9.72. The molecule has 136 valence electrons. The van der Waals surface area contributed by atoms with Crippen molar-refractivity contribution in [2.24, 2.45) is 11.8 Å². The molecule has 1 heterocycles. The second-order valence-corrected chi connectivity index (χ2v) is 8.65. The topological polar surface area (TPSA) is 56.1 Å². The van der Waals surface area contributed by atoms with Crippen LogP contribution in [-0.2, 0) is 10.2 Å². The van der Waals surface area contributed by atoms with Gasteiger partial charge in [0.05, 0.1) is 17.8 Å². The number of rotatable bonds is 5. The zero-order chi connectivity index (χ0) is 18.5. The Morgan fingerprint density at radius 3 is 2.92 bits per heavy atom. The zero-order valence-corrected chi connectivity index (χ0v) is 15.9. The normalized spacial score (nSPS) is 25.7. The maximum absolute atomic E-state index is 11.7. The summed E-state index contributed by atoms with van der Waals surface area (Å²) >= 11 is 6.40. The standard InChI is InChI=1S/C21H24ClN3O/c1-13(25-6-3-14-8-20(26)16(14)12-25)11-24-19-9-17(21(2)4-5-21)18(22)7-15(19)10-23/h7,9,14,16,24H,1,3-6,8,11-12H2,2H3. The summed E-state index contributed by atoms with van der Waals surface area (Å²) in [6, 6.07) is 6.03. The molecule has 2 saturated carbocycles. The molecule has 1 saturated heterocycles. The Hall–Kier alpha value is -1.99. The van der Waals surface area contributed by atoms with Gasteiger partial charge in [0.1, 0.15) is 11.9 Å². The van der Waals surface area contributed by atoms with E-state index in [9.17, 15) is 10.1 Å². The van der Waals surface area contributed by atoms with Crippen LogP contribution in [0.3, 0.4) is 0 Å². The van der Waals surface area contributed by atoms with E-state index < -0.39 is 0 Å². The van der Waals surface area contributed by atoms with Crippen LogP contribution in [0, 0.1) is 23.2 Å². The first kappa shape index (κ1) is 17.4. The highest BCUT2D eigenvalue weighted by molar-refractivity contribution is 6.31. The zero-order valence-electron chi connectivity index (χ0n) is 15.1. The largest absolute Gasteiger partial charge is 0.378 e. The van der Waals surface area contributed by atoms with Crippen LogP contribution in [-0.4, -0.2) is 30.3 Å². The van der Waals surface area contributed by atoms with Crippen LogP contribution in [0.4, 0.5) is 5.69 Å². The SMILES string of the molecule is C=C(CNc1cc(C2(C)CC2)c(Cl)cc1C#N)N1CCC2CC(=O)C2C1. The Labute approximate surface area is 159 Å². The molecule has 4 rings (SSSR count). The van der Waals surface area contributed by atoms with E-state index in [2.05, 4.69) is 29.8 Å². The highest BCUT2D eigenvalue weighted by atomic mass is 35.5. The molecule has 0 aromatic heterocycles. The number of carbonyl (C=O) groups is 1. The number of piperidine rings is 1. The van der Waals surface area contributed by atoms with Gasteiger partial charge in [0, 0.05) is 36.1 Å². The highest BCUT2D eigenvalue weighted by Gasteiger charge is 2.43. The molecule has 4 nitrogen and oxygen atoms in total. The van der Waals surface area contributed by atoms with Crippen LogP contribution < -0.4 is 5.32 Å². The number of nitrogens with zero attached hydrogens (tertiary/aromatic N) is 2. The first-order valence-electron chi connectivity index (χ1n) is 9.35. The molecule has 1 aromatic rings. The summed E-state index contributed by atoms with van der Waals surface area (Å²) < 4.78 is 0. The molecule has 0 bridgehead atoms. The summed E-state index contributed by atoms with van der Waals surface area (Å²) in [6.45, 7) is 8.73. The van der Waals surface area contributed by atoms with Gasteiger partial charge in [-0.1, -0.05) is 25.1 Å². The Morgan fingerprint density at radius 2 is 2.27 bits per heavy atom. The molecule has 2 unspecified atom stereocenters. The van der Waals surface area contributed by atoms with Crippen LogP contribution >= 0.6 is 11.6 Å². The van der Waals surface area contributed by atoms with Gasteiger partial charge < -0.3 is 10.2 Å². The van der Waals surface area contributed by atoms with Gasteiger partial charge >= 0.3 is 0 Å². The van der Waals surface area contributed by atoms with E-state index in [1.807, 2.05) is 6.07 Å². The number of nitrogens with one attached hydrogen (secondary N) is 1. The van der Waals surface area contributed by atoms with Gasteiger partial charge in [-0.2, -0.15) is 5.26 Å². The molecule has 2 aliphatic carbocycles. The minimum Gasteiger partial charge on any atom is -0.378 e. The Morgan fingerprint density at radius 1 is 1.50 bits per heavy atom. The number of nitriles is 1. The Kier molecular flexibility index (Phi) is 4.23. The lowest BCUT2D eigenvalue weighted by atomic mass is 9.68. The average Bonchev–Trinajstić information content (AvgIpc) is 3.37. The second-order valence-electron chi connectivity index (χ2n) is 8.24. The van der Waals surface area contributed by atoms with Crippen LogP contribution in [0.1, 0.15) is 43.7 Å². The lowest BCUT2D eigenvalue weighted by Crippen LogP contribution is -2.50. The minimum absolute atomic E-state index is 0.144. The van der Waals surface area contributed by atoms with Crippen LogP contribution in [0.25, 0.3) is 0 Å². The predicted molar refractivity (Wildman–Crippen MR) is 103 cm³/mol. The fourth-order valence-electron chi connectivity index (χ4n) is 4.19. The highest BCUT2D eigenvalue weighted by Crippen LogP contribution is 2.51. The van der Waals surface area contributed by atoms with E-state index in [1.165, 1.54) is 0 Å². The average molecular weight is 370 g/mol. The van der Waals surface area contributed by atoms with E-state index in [0.717, 1.165) is 55.7 Å². The van der Waals surface area contributed by atoms with Crippen LogP contribution in [0.2, 0.25) is 5.02 Å². The van der Waals surface area contributed by atoms with E-state index in [1.54, 1.807) is 6.07 Å². The van der Waals surface area contributed by atoms with E-state index in [-0.39, 0.29) is 11.3 Å². The number of benzene rings is 1. The summed E-state index contributed by atoms with van der Waals surface area (Å²) in [5.41, 5.74) is 3.61. The van der Waals surface area contributed by atoms with Crippen molar-refractivity contribution in [3.8, 4) is 6.07 Å². The fraction of sp³-hybridized carbons (Fsp3) is 0.524. The number of Topliss-reactive ketones (excluding diaryl/α,β-unsaturated/α-hetero) is 1. The van der Waals surface area contributed by atoms with Crippen molar-refractivity contribution in [1.82, 2.24) is 4.90 Å². The van der Waals surface area contributed by atoms with Crippen molar-refractivity contribution >= 4 is 23.1 Å². The van der Waals surface area contributed by atoms with Crippen LogP contribution in [0.15, 0.2) is 24.4 Å². The number of anilines is 1. The van der Waals surface area contributed by atoms with Crippen molar-refractivity contribution in [3.63, 3.8) is 0 Å². The molecule has 26 heavy (non-hydrogen) atoms. The number of hydrogen-bond acceptors (Lipinski definition) is 4. The molecule has 1 aromatic carbocycles. The lowest BCUT2D eigenvalue weighted by molar-refractivity contribution is -0.137. The van der Waals surface area contributed by atoms with Gasteiger partial charge in [-0.25, -0.2) is 0 Å².